The molecule has 18 heavy (non-hydrogen) atoms. The number of nitrogens with one attached hydrogen (secondary N) is 2. The molecule has 0 aromatic rings. The highest BCUT2D eigenvalue weighted by Gasteiger charge is 2.17. The van der Waals surface area contributed by atoms with Crippen molar-refractivity contribution >= 4 is 11.9 Å². The van der Waals surface area contributed by atoms with Crippen LogP contribution in [0, 0.1) is 5.92 Å². The molecule has 0 aliphatic carbocycles. The second-order valence-corrected chi connectivity index (χ2v) is 5.00. The van der Waals surface area contributed by atoms with Gasteiger partial charge in [0.1, 0.15) is 0 Å². The molecular formula is C13H24N2O3. The first kappa shape index (κ1) is 15.0. The molecule has 1 heterocycles. The summed E-state index contributed by atoms with van der Waals surface area (Å²) < 4.78 is 0. The number of amides is 1. The monoisotopic (exact) mass is 256 g/mol. The van der Waals surface area contributed by atoms with Crippen LogP contribution in [0.1, 0.15) is 45.4 Å². The maximum atomic E-state index is 11.7. The van der Waals surface area contributed by atoms with E-state index in [-0.39, 0.29) is 18.4 Å². The van der Waals surface area contributed by atoms with Crippen LogP contribution in [-0.4, -0.2) is 36.1 Å². The van der Waals surface area contributed by atoms with Crippen LogP contribution in [0.5, 0.6) is 0 Å². The van der Waals surface area contributed by atoms with Crippen LogP contribution in [0.4, 0.5) is 0 Å². The topological polar surface area (TPSA) is 78.4 Å². The van der Waals surface area contributed by atoms with E-state index in [1.807, 2.05) is 6.92 Å². The Kier molecular flexibility index (Phi) is 6.72. The van der Waals surface area contributed by atoms with Gasteiger partial charge in [-0.05, 0) is 44.7 Å². The van der Waals surface area contributed by atoms with E-state index in [9.17, 15) is 9.59 Å². The number of carbonyl (C=O) groups is 2. The van der Waals surface area contributed by atoms with E-state index in [0.717, 1.165) is 32.4 Å². The zero-order valence-electron chi connectivity index (χ0n) is 11.1. The van der Waals surface area contributed by atoms with Crippen molar-refractivity contribution in [2.24, 2.45) is 5.92 Å². The van der Waals surface area contributed by atoms with Crippen LogP contribution in [0.3, 0.4) is 0 Å². The fourth-order valence-corrected chi connectivity index (χ4v) is 2.31. The second kappa shape index (κ2) is 8.08. The van der Waals surface area contributed by atoms with Crippen molar-refractivity contribution in [2.75, 3.05) is 13.1 Å². The third kappa shape index (κ3) is 6.00. The maximum absolute atomic E-state index is 11.7. The van der Waals surface area contributed by atoms with Crippen LogP contribution in [0.25, 0.3) is 0 Å². The van der Waals surface area contributed by atoms with Gasteiger partial charge >= 0.3 is 5.97 Å². The third-order valence-electron chi connectivity index (χ3n) is 3.52. The minimum Gasteiger partial charge on any atom is -0.481 e. The van der Waals surface area contributed by atoms with Gasteiger partial charge < -0.3 is 15.7 Å². The Morgan fingerprint density at radius 1 is 1.39 bits per heavy atom. The van der Waals surface area contributed by atoms with Gasteiger partial charge in [-0.1, -0.05) is 6.92 Å². The fraction of sp³-hybridized carbons (Fsp3) is 0.846. The van der Waals surface area contributed by atoms with Crippen LogP contribution < -0.4 is 10.6 Å². The molecule has 1 saturated heterocycles. The number of rotatable bonds is 7. The first-order chi connectivity index (χ1) is 8.61. The molecule has 0 bridgehead atoms. The number of hydrogen-bond acceptors (Lipinski definition) is 3. The quantitative estimate of drug-likeness (QED) is 0.638. The van der Waals surface area contributed by atoms with Crippen molar-refractivity contribution in [1.29, 1.82) is 0 Å². The average Bonchev–Trinajstić information content (AvgIpc) is 2.36. The molecule has 1 rings (SSSR count). The summed E-state index contributed by atoms with van der Waals surface area (Å²) in [4.78, 5) is 22.3. The van der Waals surface area contributed by atoms with Gasteiger partial charge in [-0.15, -0.1) is 0 Å². The lowest BCUT2D eigenvalue weighted by atomic mass is 9.93. The van der Waals surface area contributed by atoms with Gasteiger partial charge in [-0.2, -0.15) is 0 Å². The molecular weight excluding hydrogens is 232 g/mol. The Labute approximate surface area is 108 Å². The summed E-state index contributed by atoms with van der Waals surface area (Å²) in [5.74, 6) is -0.237. The predicted octanol–water partition coefficient (Wildman–Crippen LogP) is 1.14. The molecule has 5 heteroatoms. The number of piperidine rings is 1. The summed E-state index contributed by atoms with van der Waals surface area (Å²) in [6.45, 7) is 3.98. The van der Waals surface area contributed by atoms with Crippen molar-refractivity contribution in [3.8, 4) is 0 Å². The highest BCUT2D eigenvalue weighted by molar-refractivity contribution is 5.77. The van der Waals surface area contributed by atoms with Gasteiger partial charge in [0.25, 0.3) is 0 Å². The predicted molar refractivity (Wildman–Crippen MR) is 69.3 cm³/mol. The number of carboxylic acids is 1. The van der Waals surface area contributed by atoms with Crippen LogP contribution in [0.2, 0.25) is 0 Å². The normalized spacial score (nSPS) is 18.3. The van der Waals surface area contributed by atoms with Crippen LogP contribution in [-0.2, 0) is 9.59 Å². The summed E-state index contributed by atoms with van der Waals surface area (Å²) in [6, 6.07) is -0.233. The second-order valence-electron chi connectivity index (χ2n) is 5.00. The molecule has 1 unspecified atom stereocenters. The molecule has 1 atom stereocenters. The van der Waals surface area contributed by atoms with E-state index in [4.69, 9.17) is 5.11 Å². The van der Waals surface area contributed by atoms with Crippen molar-refractivity contribution in [1.82, 2.24) is 10.6 Å². The van der Waals surface area contributed by atoms with E-state index in [2.05, 4.69) is 10.6 Å². The van der Waals surface area contributed by atoms with Gasteiger partial charge in [0.15, 0.2) is 0 Å². The molecule has 0 aromatic carbocycles. The number of carbonyl (C=O) groups excluding carboxylic acids is 1. The van der Waals surface area contributed by atoms with Crippen molar-refractivity contribution in [3.05, 3.63) is 0 Å². The zero-order valence-corrected chi connectivity index (χ0v) is 11.1. The summed E-state index contributed by atoms with van der Waals surface area (Å²) in [7, 11) is 0. The third-order valence-corrected chi connectivity index (χ3v) is 3.52. The minimum atomic E-state index is -0.861. The Morgan fingerprint density at radius 2 is 2.06 bits per heavy atom. The standard InChI is InChI=1S/C13H24N2O3/c1-2-11(9-13(17)18)15-12(16)4-3-10-5-7-14-8-6-10/h10-11,14H,2-9H2,1H3,(H,15,16)(H,17,18). The summed E-state index contributed by atoms with van der Waals surface area (Å²) in [6.07, 6.45) is 4.37. The Balaban J connectivity index is 2.20. The number of hydrogen-bond donors (Lipinski definition) is 3. The minimum absolute atomic E-state index is 0.00951. The molecule has 0 saturated carbocycles. The van der Waals surface area contributed by atoms with Crippen molar-refractivity contribution in [3.63, 3.8) is 0 Å². The smallest absolute Gasteiger partial charge is 0.305 e. The molecule has 0 aromatic heterocycles. The molecule has 1 aliphatic heterocycles. The number of carboxylic acid groups (broad SMARTS) is 1. The average molecular weight is 256 g/mol. The first-order valence-corrected chi connectivity index (χ1v) is 6.83. The van der Waals surface area contributed by atoms with Gasteiger partial charge in [-0.25, -0.2) is 0 Å². The molecule has 1 amide bonds. The van der Waals surface area contributed by atoms with Crippen LogP contribution >= 0.6 is 0 Å². The molecule has 1 fully saturated rings. The molecule has 0 spiro atoms. The molecule has 3 N–H and O–H groups in total. The maximum Gasteiger partial charge on any atom is 0.305 e. The van der Waals surface area contributed by atoms with E-state index in [1.54, 1.807) is 0 Å². The lowest BCUT2D eigenvalue weighted by Gasteiger charge is -2.22. The highest BCUT2D eigenvalue weighted by Crippen LogP contribution is 2.17. The fourth-order valence-electron chi connectivity index (χ4n) is 2.31. The molecule has 0 radical (unpaired) electrons. The van der Waals surface area contributed by atoms with Crippen molar-refractivity contribution < 1.29 is 14.7 Å². The summed E-state index contributed by atoms with van der Waals surface area (Å²) >= 11 is 0. The first-order valence-electron chi connectivity index (χ1n) is 6.83. The molecule has 5 nitrogen and oxygen atoms in total. The Morgan fingerprint density at radius 3 is 2.61 bits per heavy atom. The number of aliphatic carboxylic acids is 1. The Bertz CT molecular complexity index is 275. The summed E-state index contributed by atoms with van der Waals surface area (Å²) in [5, 5.41) is 14.8. The SMILES string of the molecule is CCC(CC(=O)O)NC(=O)CCC1CCNCC1. The van der Waals surface area contributed by atoms with E-state index in [0.29, 0.717) is 18.8 Å². The summed E-state index contributed by atoms with van der Waals surface area (Å²) in [5.41, 5.74) is 0. The Hall–Kier alpha value is -1.10. The van der Waals surface area contributed by atoms with E-state index in [1.165, 1.54) is 0 Å². The van der Waals surface area contributed by atoms with Crippen LogP contribution in [0.15, 0.2) is 0 Å². The lowest BCUT2D eigenvalue weighted by Crippen LogP contribution is -2.36. The lowest BCUT2D eigenvalue weighted by molar-refractivity contribution is -0.137. The van der Waals surface area contributed by atoms with Gasteiger partial charge in [0, 0.05) is 12.5 Å². The van der Waals surface area contributed by atoms with Gasteiger partial charge in [-0.3, -0.25) is 9.59 Å². The van der Waals surface area contributed by atoms with E-state index >= 15 is 0 Å². The van der Waals surface area contributed by atoms with Crippen molar-refractivity contribution in [2.45, 2.75) is 51.5 Å². The largest absolute Gasteiger partial charge is 0.481 e. The molecule has 104 valence electrons. The van der Waals surface area contributed by atoms with E-state index < -0.39 is 5.97 Å². The zero-order chi connectivity index (χ0) is 13.4. The van der Waals surface area contributed by atoms with Gasteiger partial charge in [0.2, 0.25) is 5.91 Å². The van der Waals surface area contributed by atoms with Gasteiger partial charge in [0.05, 0.1) is 6.42 Å². The molecule has 1 aliphatic rings. The highest BCUT2D eigenvalue weighted by atomic mass is 16.4.